The number of hydrogen-bond donors (Lipinski definition) is 0. The van der Waals surface area contributed by atoms with Crippen LogP contribution in [0.4, 0.5) is 4.70 Å². The van der Waals surface area contributed by atoms with E-state index in [9.17, 15) is 4.79 Å². The molecule has 0 spiro atoms. The van der Waals surface area contributed by atoms with Gasteiger partial charge in [0.2, 0.25) is 0 Å². The highest BCUT2D eigenvalue weighted by atomic mass is 19.0. The minimum Gasteiger partial charge on any atom is -0.300 e. The Bertz CT molecular complexity index is 763. The topological polar surface area (TPSA) is 30.0 Å². The maximum atomic E-state index is 9.81. The van der Waals surface area contributed by atoms with E-state index in [4.69, 9.17) is 0 Å². The quantitative estimate of drug-likeness (QED) is 0.614. The molecule has 0 N–H and O–H groups in total. The molecule has 0 aliphatic heterocycles. The monoisotopic (exact) mass is 348 g/mol. The van der Waals surface area contributed by atoms with Gasteiger partial charge in [-0.2, -0.15) is 0 Å². The molecular weight excluding hydrogens is 324 g/mol. The fraction of sp³-hybridized carbons (Fsp3) is 0.182. The number of Topliss-reactive ketones (excluding diaryl/α,β-unsaturated/α-hetero) is 1. The summed E-state index contributed by atoms with van der Waals surface area (Å²) in [5.74, 6) is 0.255. The zero-order chi connectivity index (χ0) is 17.2. The third kappa shape index (κ3) is 7.89. The normalized spacial score (nSPS) is 9.00. The van der Waals surface area contributed by atoms with Gasteiger partial charge in [-0.25, -0.2) is 0 Å². The van der Waals surface area contributed by atoms with Gasteiger partial charge >= 0.3 is 0 Å². The first-order chi connectivity index (χ1) is 11.7. The minimum absolute atomic E-state index is 0. The van der Waals surface area contributed by atoms with Crippen LogP contribution in [0.3, 0.4) is 0 Å². The molecule has 2 nitrogen and oxygen atoms in total. The van der Waals surface area contributed by atoms with Crippen LogP contribution in [0.15, 0.2) is 79.1 Å². The van der Waals surface area contributed by atoms with E-state index in [1.807, 2.05) is 19.2 Å². The van der Waals surface area contributed by atoms with Gasteiger partial charge in [-0.1, -0.05) is 67.6 Å². The lowest BCUT2D eigenvalue weighted by atomic mass is 10.0. The van der Waals surface area contributed by atoms with Crippen molar-refractivity contribution in [3.8, 4) is 11.1 Å². The van der Waals surface area contributed by atoms with Gasteiger partial charge in [-0.3, -0.25) is 9.69 Å². The van der Waals surface area contributed by atoms with Gasteiger partial charge in [-0.15, -0.1) is 0 Å². The number of carbonyl (C=O) groups is 1. The standard InChI is InChI=1S/C18H15N.C4H8O.B.FH/c1-2-6-15(7-3-1)12-16-8-4-9-17(13-16)18-10-5-11-19-14-18;1-3-4(2)5;;/h1-11,13-14H,12H2;3H2,1-2H3;;1H. The second-order valence-electron chi connectivity index (χ2n) is 5.66. The minimum atomic E-state index is 0. The molecular formula is C22H24BFNO. The summed E-state index contributed by atoms with van der Waals surface area (Å²) in [6, 6.07) is 23.3. The second kappa shape index (κ2) is 12.6. The second-order valence-corrected chi connectivity index (χ2v) is 5.66. The summed E-state index contributed by atoms with van der Waals surface area (Å²) in [5, 5.41) is 0. The molecule has 0 unspecified atom stereocenters. The van der Waals surface area contributed by atoms with Crippen molar-refractivity contribution < 1.29 is 9.50 Å². The number of benzene rings is 2. The zero-order valence-electron chi connectivity index (χ0n) is 15.3. The number of hydrogen-bond acceptors (Lipinski definition) is 2. The molecule has 3 radical (unpaired) electrons. The number of carbonyl (C=O) groups excluding carboxylic acids is 1. The molecule has 1 heterocycles. The van der Waals surface area contributed by atoms with Crippen molar-refractivity contribution in [2.75, 3.05) is 0 Å². The predicted octanol–water partition coefficient (Wildman–Crippen LogP) is 5.10. The third-order valence-electron chi connectivity index (χ3n) is 3.67. The lowest BCUT2D eigenvalue weighted by Gasteiger charge is -2.05. The van der Waals surface area contributed by atoms with E-state index < -0.39 is 0 Å². The zero-order valence-corrected chi connectivity index (χ0v) is 15.3. The highest BCUT2D eigenvalue weighted by Gasteiger charge is 2.00. The maximum Gasteiger partial charge on any atom is 0.129 e. The van der Waals surface area contributed by atoms with Crippen molar-refractivity contribution in [3.63, 3.8) is 0 Å². The molecule has 0 aliphatic rings. The van der Waals surface area contributed by atoms with E-state index in [1.165, 1.54) is 16.7 Å². The predicted molar refractivity (Wildman–Crippen MR) is 108 cm³/mol. The first-order valence-electron chi connectivity index (χ1n) is 8.21. The fourth-order valence-electron chi connectivity index (χ4n) is 2.23. The molecule has 0 atom stereocenters. The Morgan fingerprint density at radius 3 is 2.08 bits per heavy atom. The molecule has 0 saturated heterocycles. The summed E-state index contributed by atoms with van der Waals surface area (Å²) in [6.45, 7) is 3.43. The molecule has 0 bridgehead atoms. The average molecular weight is 348 g/mol. The van der Waals surface area contributed by atoms with Gasteiger partial charge < -0.3 is 4.79 Å². The summed E-state index contributed by atoms with van der Waals surface area (Å²) in [5.41, 5.74) is 5.05. The number of rotatable bonds is 4. The van der Waals surface area contributed by atoms with E-state index in [2.05, 4.69) is 65.6 Å². The molecule has 3 aromatic rings. The van der Waals surface area contributed by atoms with E-state index in [0.717, 1.165) is 12.0 Å². The molecule has 26 heavy (non-hydrogen) atoms. The van der Waals surface area contributed by atoms with Gasteiger partial charge in [0.1, 0.15) is 5.78 Å². The Kier molecular flexibility index (Phi) is 11.3. The van der Waals surface area contributed by atoms with Crippen molar-refractivity contribution in [3.05, 3.63) is 90.3 Å². The van der Waals surface area contributed by atoms with Crippen molar-refractivity contribution in [2.24, 2.45) is 0 Å². The van der Waals surface area contributed by atoms with E-state index >= 15 is 0 Å². The summed E-state index contributed by atoms with van der Waals surface area (Å²) in [6.07, 6.45) is 5.34. The summed E-state index contributed by atoms with van der Waals surface area (Å²) in [4.78, 5) is 14.0. The van der Waals surface area contributed by atoms with Gasteiger partial charge in [0.15, 0.2) is 0 Å². The Hall–Kier alpha value is -2.75. The van der Waals surface area contributed by atoms with Crippen LogP contribution in [0.1, 0.15) is 31.4 Å². The van der Waals surface area contributed by atoms with Crippen LogP contribution in [-0.4, -0.2) is 19.2 Å². The van der Waals surface area contributed by atoms with E-state index in [1.54, 1.807) is 13.1 Å². The van der Waals surface area contributed by atoms with Crippen molar-refractivity contribution >= 4 is 14.2 Å². The maximum absolute atomic E-state index is 9.81. The van der Waals surface area contributed by atoms with E-state index in [-0.39, 0.29) is 18.9 Å². The van der Waals surface area contributed by atoms with Crippen LogP contribution < -0.4 is 0 Å². The largest absolute Gasteiger partial charge is 0.300 e. The first-order valence-corrected chi connectivity index (χ1v) is 8.21. The highest BCUT2D eigenvalue weighted by Crippen LogP contribution is 2.20. The molecule has 0 aliphatic carbocycles. The molecule has 3 rings (SSSR count). The summed E-state index contributed by atoms with van der Waals surface area (Å²) >= 11 is 0. The van der Waals surface area contributed by atoms with Gasteiger partial charge in [-0.05, 0) is 41.7 Å². The van der Waals surface area contributed by atoms with Crippen LogP contribution in [0.25, 0.3) is 11.1 Å². The van der Waals surface area contributed by atoms with Gasteiger partial charge in [0.05, 0.1) is 0 Å². The molecule has 1 aromatic heterocycles. The van der Waals surface area contributed by atoms with Crippen LogP contribution in [0, 0.1) is 0 Å². The Balaban J connectivity index is 0.000000798. The third-order valence-corrected chi connectivity index (χ3v) is 3.67. The summed E-state index contributed by atoms with van der Waals surface area (Å²) < 4.78 is 0. The van der Waals surface area contributed by atoms with Crippen molar-refractivity contribution in [2.45, 2.75) is 26.7 Å². The number of ketones is 1. The molecule has 0 saturated carbocycles. The SMILES string of the molecule is CCC(C)=O.F.[B].c1ccc(Cc2cccc(-c3cccnc3)c2)cc1. The van der Waals surface area contributed by atoms with Crippen molar-refractivity contribution in [1.29, 1.82) is 0 Å². The van der Waals surface area contributed by atoms with E-state index in [0.29, 0.717) is 6.42 Å². The van der Waals surface area contributed by atoms with Gasteiger partial charge in [0, 0.05) is 27.2 Å². The molecule has 133 valence electrons. The Morgan fingerprint density at radius 1 is 0.885 bits per heavy atom. The first kappa shape index (κ1) is 23.3. The summed E-state index contributed by atoms with van der Waals surface area (Å²) in [7, 11) is 0. The number of halogens is 1. The lowest BCUT2D eigenvalue weighted by molar-refractivity contribution is -0.116. The van der Waals surface area contributed by atoms with Gasteiger partial charge in [0.25, 0.3) is 0 Å². The molecule has 4 heteroatoms. The van der Waals surface area contributed by atoms with Crippen LogP contribution in [-0.2, 0) is 11.2 Å². The highest BCUT2D eigenvalue weighted by molar-refractivity contribution is 5.75. The van der Waals surface area contributed by atoms with Crippen molar-refractivity contribution in [1.82, 2.24) is 4.98 Å². The average Bonchev–Trinajstić information content (AvgIpc) is 2.64. The molecule has 0 amide bonds. The number of aromatic nitrogens is 1. The van der Waals surface area contributed by atoms with Crippen LogP contribution >= 0.6 is 0 Å². The Labute approximate surface area is 157 Å². The smallest absolute Gasteiger partial charge is 0.129 e. The fourth-order valence-corrected chi connectivity index (χ4v) is 2.23. The number of nitrogens with zero attached hydrogens (tertiary/aromatic N) is 1. The van der Waals surface area contributed by atoms with Crippen LogP contribution in [0.5, 0.6) is 0 Å². The molecule has 2 aromatic carbocycles. The molecule has 0 fully saturated rings. The van der Waals surface area contributed by atoms with Crippen LogP contribution in [0.2, 0.25) is 0 Å². The lowest BCUT2D eigenvalue weighted by Crippen LogP contribution is -1.88. The number of pyridine rings is 1. The Morgan fingerprint density at radius 2 is 1.50 bits per heavy atom.